The van der Waals surface area contributed by atoms with E-state index in [2.05, 4.69) is 23.1 Å². The quantitative estimate of drug-likeness (QED) is 0.737. The number of nitrogens with zero attached hydrogens (tertiary/aromatic N) is 2. The van der Waals surface area contributed by atoms with Gasteiger partial charge in [-0.3, -0.25) is 0 Å². The largest absolute Gasteiger partial charge is 0.444 e. The van der Waals surface area contributed by atoms with E-state index in [4.69, 9.17) is 4.74 Å². The fraction of sp³-hybridized carbons (Fsp3) is 0.706. The molecule has 0 aromatic heterocycles. The van der Waals surface area contributed by atoms with Crippen molar-refractivity contribution in [1.29, 1.82) is 0 Å². The molecule has 2 aliphatic rings. The molecule has 0 radical (unpaired) electrons. The highest BCUT2D eigenvalue weighted by Crippen LogP contribution is 2.17. The summed E-state index contributed by atoms with van der Waals surface area (Å²) in [4.78, 5) is 16.1. The Morgan fingerprint density at radius 2 is 1.71 bits per heavy atom. The van der Waals surface area contributed by atoms with Gasteiger partial charge in [0.2, 0.25) is 0 Å². The van der Waals surface area contributed by atoms with Crippen LogP contribution in [0.1, 0.15) is 47.5 Å². The molecule has 0 spiro atoms. The zero-order chi connectivity index (χ0) is 15.9. The summed E-state index contributed by atoms with van der Waals surface area (Å²) < 4.78 is 5.40. The molecule has 1 aliphatic heterocycles. The zero-order valence-corrected chi connectivity index (χ0v) is 14.2. The van der Waals surface area contributed by atoms with Crippen molar-refractivity contribution in [3.05, 3.63) is 23.9 Å². The van der Waals surface area contributed by atoms with Crippen LogP contribution in [-0.2, 0) is 4.74 Å². The number of carbonyl (C=O) groups excluding carboxylic acids is 1. The number of hydrogen-bond acceptors (Lipinski definition) is 3. The summed E-state index contributed by atoms with van der Waals surface area (Å²) in [5, 5.41) is 0. The molecule has 2 rings (SSSR count). The molecule has 1 fully saturated rings. The van der Waals surface area contributed by atoms with Crippen LogP contribution in [0.5, 0.6) is 0 Å². The topological polar surface area (TPSA) is 32.8 Å². The van der Waals surface area contributed by atoms with E-state index in [1.165, 1.54) is 5.70 Å². The molecule has 1 amide bonds. The van der Waals surface area contributed by atoms with Crippen molar-refractivity contribution < 1.29 is 9.53 Å². The van der Waals surface area contributed by atoms with E-state index < -0.39 is 5.60 Å². The molecule has 1 saturated heterocycles. The third-order valence-corrected chi connectivity index (χ3v) is 3.27. The first kappa shape index (κ1) is 17.6. The lowest BCUT2D eigenvalue weighted by Crippen LogP contribution is -2.49. The van der Waals surface area contributed by atoms with Crippen molar-refractivity contribution in [2.45, 2.75) is 53.1 Å². The van der Waals surface area contributed by atoms with E-state index in [-0.39, 0.29) is 6.09 Å². The molecule has 0 unspecified atom stereocenters. The number of piperazine rings is 1. The van der Waals surface area contributed by atoms with Crippen molar-refractivity contribution in [2.24, 2.45) is 0 Å². The Labute approximate surface area is 129 Å². The summed E-state index contributed by atoms with van der Waals surface area (Å²) >= 11 is 0. The van der Waals surface area contributed by atoms with Gasteiger partial charge in [0.15, 0.2) is 0 Å². The minimum absolute atomic E-state index is 0.194. The normalized spacial score (nSPS) is 18.6. The lowest BCUT2D eigenvalue weighted by molar-refractivity contribution is 0.0171. The maximum Gasteiger partial charge on any atom is 0.410 e. The lowest BCUT2D eigenvalue weighted by Gasteiger charge is -2.37. The minimum Gasteiger partial charge on any atom is -0.444 e. The predicted octanol–water partition coefficient (Wildman–Crippen LogP) is 3.80. The van der Waals surface area contributed by atoms with Crippen LogP contribution in [0.4, 0.5) is 4.79 Å². The van der Waals surface area contributed by atoms with Crippen LogP contribution in [0.3, 0.4) is 0 Å². The second kappa shape index (κ2) is 8.11. The monoisotopic (exact) mass is 294 g/mol. The summed E-state index contributed by atoms with van der Waals surface area (Å²) in [6, 6.07) is 0. The Hall–Kier alpha value is -1.45. The van der Waals surface area contributed by atoms with Crippen LogP contribution in [0.15, 0.2) is 23.9 Å². The van der Waals surface area contributed by atoms with Crippen LogP contribution in [0.25, 0.3) is 0 Å². The van der Waals surface area contributed by atoms with E-state index in [0.29, 0.717) is 0 Å². The van der Waals surface area contributed by atoms with Gasteiger partial charge in [0.1, 0.15) is 5.60 Å². The highest BCUT2D eigenvalue weighted by atomic mass is 16.6. The van der Waals surface area contributed by atoms with E-state index >= 15 is 0 Å². The average molecular weight is 294 g/mol. The number of ether oxygens (including phenoxy) is 1. The molecule has 0 aromatic carbocycles. The first-order valence-electron chi connectivity index (χ1n) is 8.05. The Morgan fingerprint density at radius 3 is 2.19 bits per heavy atom. The van der Waals surface area contributed by atoms with Crippen LogP contribution in [0.2, 0.25) is 0 Å². The summed E-state index contributed by atoms with van der Waals surface area (Å²) in [6.45, 7) is 12.9. The molecule has 120 valence electrons. The molecule has 1 heterocycles. The fourth-order valence-electron chi connectivity index (χ4n) is 2.31. The average Bonchev–Trinajstić information content (AvgIpc) is 2.49. The van der Waals surface area contributed by atoms with Crippen molar-refractivity contribution in [3.63, 3.8) is 0 Å². The van der Waals surface area contributed by atoms with Crippen molar-refractivity contribution >= 4 is 6.09 Å². The van der Waals surface area contributed by atoms with Crippen LogP contribution in [0, 0.1) is 0 Å². The van der Waals surface area contributed by atoms with Crippen LogP contribution >= 0.6 is 0 Å². The van der Waals surface area contributed by atoms with Crippen molar-refractivity contribution in [3.8, 4) is 0 Å². The number of hydrogen-bond donors (Lipinski definition) is 0. The number of amides is 1. The Kier molecular flexibility index (Phi) is 6.79. The molecule has 21 heavy (non-hydrogen) atoms. The van der Waals surface area contributed by atoms with Crippen LogP contribution in [-0.4, -0.2) is 47.7 Å². The summed E-state index contributed by atoms with van der Waals surface area (Å²) in [5.74, 6) is 0. The molecule has 0 saturated carbocycles. The van der Waals surface area contributed by atoms with Gasteiger partial charge in [-0.05, 0) is 39.7 Å². The smallest absolute Gasteiger partial charge is 0.410 e. The molecular formula is C17H30N2O2. The predicted molar refractivity (Wildman–Crippen MR) is 87.2 cm³/mol. The molecule has 0 aromatic rings. The highest BCUT2D eigenvalue weighted by molar-refractivity contribution is 5.68. The van der Waals surface area contributed by atoms with Gasteiger partial charge in [0.25, 0.3) is 0 Å². The number of carbonyl (C=O) groups is 1. The first-order valence-corrected chi connectivity index (χ1v) is 8.05. The first-order chi connectivity index (χ1) is 9.96. The van der Waals surface area contributed by atoms with Gasteiger partial charge >= 0.3 is 6.09 Å². The highest BCUT2D eigenvalue weighted by Gasteiger charge is 2.26. The Bertz CT molecular complexity index is 386. The molecule has 4 nitrogen and oxygen atoms in total. The second-order valence-electron chi connectivity index (χ2n) is 6.06. The second-order valence-corrected chi connectivity index (χ2v) is 6.06. The third kappa shape index (κ3) is 5.82. The van der Waals surface area contributed by atoms with Gasteiger partial charge in [-0.2, -0.15) is 0 Å². The zero-order valence-electron chi connectivity index (χ0n) is 14.2. The van der Waals surface area contributed by atoms with E-state index in [9.17, 15) is 4.79 Å². The number of rotatable bonds is 1. The summed E-state index contributed by atoms with van der Waals surface area (Å²) in [7, 11) is 0. The Morgan fingerprint density at radius 1 is 1.10 bits per heavy atom. The van der Waals surface area contributed by atoms with Crippen molar-refractivity contribution in [2.75, 3.05) is 26.2 Å². The molecule has 1 aliphatic carbocycles. The van der Waals surface area contributed by atoms with E-state index in [1.54, 1.807) is 4.90 Å². The van der Waals surface area contributed by atoms with E-state index in [1.807, 2.05) is 34.6 Å². The maximum atomic E-state index is 12.0. The molecular weight excluding hydrogens is 264 g/mol. The van der Waals surface area contributed by atoms with Crippen LogP contribution < -0.4 is 0 Å². The SMILES string of the molecule is CC.CC(C)(C)OC(=O)N1CCN(C2=CCCC=C2)CC1. The van der Waals surface area contributed by atoms with Gasteiger partial charge in [-0.15, -0.1) is 0 Å². The summed E-state index contributed by atoms with van der Waals surface area (Å²) in [6.07, 6.45) is 8.76. The molecule has 0 bridgehead atoms. The Balaban J connectivity index is 0.00000106. The third-order valence-electron chi connectivity index (χ3n) is 3.27. The van der Waals surface area contributed by atoms with Gasteiger partial charge in [0, 0.05) is 31.9 Å². The maximum absolute atomic E-state index is 12.0. The minimum atomic E-state index is -0.414. The van der Waals surface area contributed by atoms with Gasteiger partial charge in [-0.25, -0.2) is 4.79 Å². The fourth-order valence-corrected chi connectivity index (χ4v) is 2.31. The summed E-state index contributed by atoms with van der Waals surface area (Å²) in [5.41, 5.74) is 0.887. The van der Waals surface area contributed by atoms with Gasteiger partial charge < -0.3 is 14.5 Å². The van der Waals surface area contributed by atoms with Crippen molar-refractivity contribution in [1.82, 2.24) is 9.80 Å². The van der Waals surface area contributed by atoms with Gasteiger partial charge in [0.05, 0.1) is 0 Å². The number of allylic oxidation sites excluding steroid dienone is 3. The van der Waals surface area contributed by atoms with E-state index in [0.717, 1.165) is 39.0 Å². The standard InChI is InChI=1S/C15H24N2O2.C2H6/c1-15(2,3)19-14(18)17-11-9-16(10-12-17)13-7-5-4-6-8-13;1-2/h5,7-8H,4,6,9-12H2,1-3H3;1-2H3. The molecule has 0 N–H and O–H groups in total. The molecule has 0 atom stereocenters. The molecule has 4 heteroatoms. The van der Waals surface area contributed by atoms with Gasteiger partial charge in [-0.1, -0.05) is 26.0 Å². The lowest BCUT2D eigenvalue weighted by atomic mass is 10.1.